The molecule has 0 aromatic heterocycles. The second-order valence-electron chi connectivity index (χ2n) is 3.95. The standard InChI is InChI=1S/C15H18/c1-5-7-14(10-12(2)3)15-9-6-8-13(4)11-15/h5-11H,1H2,2-4H3/b14-7+. The molecule has 0 radical (unpaired) electrons. The number of benzene rings is 1. The second kappa shape index (κ2) is 5.35. The molecule has 0 unspecified atom stereocenters. The smallest absolute Gasteiger partial charge is 0.0181 e. The molecule has 0 aliphatic rings. The average Bonchev–Trinajstić information content (AvgIpc) is 2.16. The highest BCUT2D eigenvalue weighted by atomic mass is 14.0. The molecule has 0 heteroatoms. The van der Waals surface area contributed by atoms with Crippen molar-refractivity contribution in [2.75, 3.05) is 0 Å². The lowest BCUT2D eigenvalue weighted by Crippen LogP contribution is -1.83. The number of allylic oxidation sites excluding steroid dienone is 5. The molecule has 0 saturated heterocycles. The van der Waals surface area contributed by atoms with Gasteiger partial charge in [0.15, 0.2) is 0 Å². The number of hydrogen-bond donors (Lipinski definition) is 0. The Morgan fingerprint density at radius 2 is 2.00 bits per heavy atom. The van der Waals surface area contributed by atoms with Crippen LogP contribution in [0, 0.1) is 6.92 Å². The zero-order valence-corrected chi connectivity index (χ0v) is 9.75. The number of rotatable bonds is 3. The predicted molar refractivity (Wildman–Crippen MR) is 68.8 cm³/mol. The summed E-state index contributed by atoms with van der Waals surface area (Å²) in [7, 11) is 0. The first-order valence-corrected chi connectivity index (χ1v) is 5.18. The average molecular weight is 198 g/mol. The maximum atomic E-state index is 3.75. The lowest BCUT2D eigenvalue weighted by Gasteiger charge is -2.04. The molecule has 0 aliphatic carbocycles. The van der Waals surface area contributed by atoms with Gasteiger partial charge in [0.25, 0.3) is 0 Å². The van der Waals surface area contributed by atoms with Gasteiger partial charge in [0.05, 0.1) is 0 Å². The molecule has 1 aromatic carbocycles. The van der Waals surface area contributed by atoms with E-state index in [9.17, 15) is 0 Å². The highest BCUT2D eigenvalue weighted by Gasteiger charge is 1.97. The van der Waals surface area contributed by atoms with Crippen LogP contribution in [0.15, 0.2) is 54.6 Å². The summed E-state index contributed by atoms with van der Waals surface area (Å²) in [4.78, 5) is 0. The highest BCUT2D eigenvalue weighted by Crippen LogP contribution is 2.18. The van der Waals surface area contributed by atoms with Crippen LogP contribution in [-0.2, 0) is 0 Å². The van der Waals surface area contributed by atoms with Crippen LogP contribution in [0.25, 0.3) is 5.57 Å². The third-order valence-electron chi connectivity index (χ3n) is 2.09. The molecule has 0 amide bonds. The van der Waals surface area contributed by atoms with E-state index in [0.29, 0.717) is 0 Å². The number of hydrogen-bond acceptors (Lipinski definition) is 0. The van der Waals surface area contributed by atoms with Crippen LogP contribution in [0.1, 0.15) is 25.0 Å². The molecule has 0 nitrogen and oxygen atoms in total. The van der Waals surface area contributed by atoms with Gasteiger partial charge < -0.3 is 0 Å². The Labute approximate surface area is 92.6 Å². The van der Waals surface area contributed by atoms with Crippen LogP contribution in [0.5, 0.6) is 0 Å². The Balaban J connectivity index is 3.16. The van der Waals surface area contributed by atoms with Crippen molar-refractivity contribution in [2.45, 2.75) is 20.8 Å². The van der Waals surface area contributed by atoms with E-state index in [1.54, 1.807) is 0 Å². The molecule has 0 heterocycles. The predicted octanol–water partition coefficient (Wildman–Crippen LogP) is 4.53. The Kier molecular flexibility index (Phi) is 4.11. The topological polar surface area (TPSA) is 0 Å². The Morgan fingerprint density at radius 3 is 2.53 bits per heavy atom. The summed E-state index contributed by atoms with van der Waals surface area (Å²) in [6.07, 6.45) is 6.05. The van der Waals surface area contributed by atoms with Gasteiger partial charge in [0.1, 0.15) is 0 Å². The first-order chi connectivity index (χ1) is 7.13. The fourth-order valence-electron chi connectivity index (χ4n) is 1.49. The summed E-state index contributed by atoms with van der Waals surface area (Å²) in [5.41, 5.74) is 5.04. The molecular formula is C15H18. The van der Waals surface area contributed by atoms with Crippen LogP contribution in [0.3, 0.4) is 0 Å². The molecule has 0 bridgehead atoms. The maximum Gasteiger partial charge on any atom is -0.0181 e. The van der Waals surface area contributed by atoms with Crippen molar-refractivity contribution in [3.63, 3.8) is 0 Å². The SMILES string of the molecule is C=C/C=C(\C=C(C)C)c1cccc(C)c1. The van der Waals surface area contributed by atoms with Gasteiger partial charge in [-0.05, 0) is 31.9 Å². The maximum absolute atomic E-state index is 3.75. The van der Waals surface area contributed by atoms with E-state index < -0.39 is 0 Å². The van der Waals surface area contributed by atoms with E-state index in [1.165, 1.54) is 22.3 Å². The van der Waals surface area contributed by atoms with E-state index >= 15 is 0 Å². The summed E-state index contributed by atoms with van der Waals surface area (Å²) in [6.45, 7) is 10.1. The second-order valence-corrected chi connectivity index (χ2v) is 3.95. The molecule has 0 saturated carbocycles. The molecule has 0 atom stereocenters. The van der Waals surface area contributed by atoms with Crippen molar-refractivity contribution < 1.29 is 0 Å². The zero-order chi connectivity index (χ0) is 11.3. The minimum absolute atomic E-state index is 1.22. The summed E-state index contributed by atoms with van der Waals surface area (Å²) in [5.74, 6) is 0. The summed E-state index contributed by atoms with van der Waals surface area (Å²) in [5, 5.41) is 0. The normalized spacial score (nSPS) is 11.0. The van der Waals surface area contributed by atoms with Crippen molar-refractivity contribution >= 4 is 5.57 Å². The molecule has 0 N–H and O–H groups in total. The zero-order valence-electron chi connectivity index (χ0n) is 9.75. The third-order valence-corrected chi connectivity index (χ3v) is 2.09. The van der Waals surface area contributed by atoms with Crippen LogP contribution >= 0.6 is 0 Å². The van der Waals surface area contributed by atoms with Gasteiger partial charge in [0.2, 0.25) is 0 Å². The molecule has 0 spiro atoms. The van der Waals surface area contributed by atoms with E-state index in [4.69, 9.17) is 0 Å². The largest absolute Gasteiger partial charge is 0.0990 e. The first kappa shape index (κ1) is 11.5. The van der Waals surface area contributed by atoms with Gasteiger partial charge in [-0.3, -0.25) is 0 Å². The molecule has 0 aliphatic heterocycles. The first-order valence-electron chi connectivity index (χ1n) is 5.18. The van der Waals surface area contributed by atoms with Gasteiger partial charge in [0, 0.05) is 0 Å². The molecular weight excluding hydrogens is 180 g/mol. The van der Waals surface area contributed by atoms with Crippen molar-refractivity contribution in [3.8, 4) is 0 Å². The molecule has 15 heavy (non-hydrogen) atoms. The Hall–Kier alpha value is -1.56. The molecule has 1 aromatic rings. The van der Waals surface area contributed by atoms with Crippen molar-refractivity contribution in [2.24, 2.45) is 0 Å². The highest BCUT2D eigenvalue weighted by molar-refractivity contribution is 5.75. The van der Waals surface area contributed by atoms with E-state index in [0.717, 1.165) is 0 Å². The minimum Gasteiger partial charge on any atom is -0.0990 e. The van der Waals surface area contributed by atoms with E-state index in [1.807, 2.05) is 12.2 Å². The van der Waals surface area contributed by atoms with Gasteiger partial charge in [-0.1, -0.05) is 60.2 Å². The Bertz CT molecular complexity index is 402. The van der Waals surface area contributed by atoms with Gasteiger partial charge in [-0.15, -0.1) is 0 Å². The summed E-state index contributed by atoms with van der Waals surface area (Å²) < 4.78 is 0. The fraction of sp³-hybridized carbons (Fsp3) is 0.200. The van der Waals surface area contributed by atoms with Crippen LogP contribution in [0.2, 0.25) is 0 Å². The van der Waals surface area contributed by atoms with E-state index in [2.05, 4.69) is 57.7 Å². The fourth-order valence-corrected chi connectivity index (χ4v) is 1.49. The Morgan fingerprint density at radius 1 is 1.27 bits per heavy atom. The monoisotopic (exact) mass is 198 g/mol. The van der Waals surface area contributed by atoms with Crippen molar-refractivity contribution in [3.05, 3.63) is 65.8 Å². The molecule has 1 rings (SSSR count). The molecule has 78 valence electrons. The van der Waals surface area contributed by atoms with Gasteiger partial charge in [-0.25, -0.2) is 0 Å². The lowest BCUT2D eigenvalue weighted by molar-refractivity contribution is 1.39. The van der Waals surface area contributed by atoms with Crippen molar-refractivity contribution in [1.29, 1.82) is 0 Å². The number of aryl methyl sites for hydroxylation is 1. The van der Waals surface area contributed by atoms with Crippen molar-refractivity contribution in [1.82, 2.24) is 0 Å². The third kappa shape index (κ3) is 3.59. The quantitative estimate of drug-likeness (QED) is 0.626. The lowest BCUT2D eigenvalue weighted by atomic mass is 10.0. The van der Waals surface area contributed by atoms with Gasteiger partial charge in [-0.2, -0.15) is 0 Å². The van der Waals surface area contributed by atoms with Gasteiger partial charge >= 0.3 is 0 Å². The minimum atomic E-state index is 1.22. The van der Waals surface area contributed by atoms with Crippen LogP contribution in [0.4, 0.5) is 0 Å². The van der Waals surface area contributed by atoms with Crippen LogP contribution < -0.4 is 0 Å². The summed E-state index contributed by atoms with van der Waals surface area (Å²) >= 11 is 0. The summed E-state index contributed by atoms with van der Waals surface area (Å²) in [6, 6.07) is 8.51. The van der Waals surface area contributed by atoms with Crippen LogP contribution in [-0.4, -0.2) is 0 Å². The molecule has 0 fully saturated rings. The van der Waals surface area contributed by atoms with E-state index in [-0.39, 0.29) is 0 Å².